The monoisotopic (exact) mass is 673 g/mol. The van der Waals surface area contributed by atoms with Crippen molar-refractivity contribution in [3.63, 3.8) is 0 Å². The Labute approximate surface area is 268 Å². The Balaban J connectivity index is 1.38. The van der Waals surface area contributed by atoms with Gasteiger partial charge in [0.25, 0.3) is 5.78 Å². The molecule has 16 nitrogen and oxygen atoms in total. The van der Waals surface area contributed by atoms with Crippen LogP contribution < -0.4 is 4.72 Å². The number of carbonyl (C=O) groups excluding carboxylic acids is 2. The SMILES string of the molecule is COCCOCCOCCOCCOCCOCCOCCOCCOC(=O)CNS(=O)(=O)c1cccc2c1C=CC(=[N+]=[N-])C2=O. The van der Waals surface area contributed by atoms with Crippen LogP contribution in [0.5, 0.6) is 0 Å². The van der Waals surface area contributed by atoms with Gasteiger partial charge < -0.3 is 48.2 Å². The molecular weight excluding hydrogens is 630 g/mol. The van der Waals surface area contributed by atoms with E-state index < -0.39 is 28.3 Å². The molecule has 0 bridgehead atoms. The number of allylic oxidation sites excluding steroid dienone is 1. The second-order valence-corrected chi connectivity index (χ2v) is 10.9. The molecule has 0 unspecified atom stereocenters. The van der Waals surface area contributed by atoms with Gasteiger partial charge in [0.15, 0.2) is 0 Å². The first-order valence-corrected chi connectivity index (χ1v) is 16.1. The molecule has 0 aliphatic heterocycles. The summed E-state index contributed by atoms with van der Waals surface area (Å²) in [6.07, 6.45) is 2.56. The maximum absolute atomic E-state index is 12.7. The van der Waals surface area contributed by atoms with Gasteiger partial charge >= 0.3 is 11.7 Å². The molecule has 1 N–H and O–H groups in total. The fourth-order valence-corrected chi connectivity index (χ4v) is 4.85. The van der Waals surface area contributed by atoms with Crippen molar-refractivity contribution in [2.45, 2.75) is 4.90 Å². The number of nitrogens with one attached hydrogen (secondary N) is 1. The molecule has 0 heterocycles. The van der Waals surface area contributed by atoms with Crippen LogP contribution in [0.3, 0.4) is 0 Å². The number of rotatable bonds is 28. The number of hydrogen-bond acceptors (Lipinski definition) is 13. The summed E-state index contributed by atoms with van der Waals surface area (Å²) in [5.41, 5.74) is 8.88. The number of nitrogens with zero attached hydrogens (tertiary/aromatic N) is 2. The molecule has 0 aromatic heterocycles. The average molecular weight is 674 g/mol. The predicted molar refractivity (Wildman–Crippen MR) is 162 cm³/mol. The zero-order valence-electron chi connectivity index (χ0n) is 26.0. The molecule has 2 rings (SSSR count). The van der Waals surface area contributed by atoms with Crippen molar-refractivity contribution in [1.82, 2.24) is 4.72 Å². The Morgan fingerprint density at radius 1 is 0.717 bits per heavy atom. The molecule has 0 atom stereocenters. The minimum absolute atomic E-state index is 0.0623. The Hall–Kier alpha value is -2.93. The minimum Gasteiger partial charge on any atom is -0.462 e. The van der Waals surface area contributed by atoms with Crippen molar-refractivity contribution < 1.29 is 65.4 Å². The van der Waals surface area contributed by atoms with Gasteiger partial charge in [0.05, 0.1) is 104 Å². The maximum Gasteiger partial charge on any atom is 0.362 e. The number of ether oxygens (including phenoxy) is 9. The maximum atomic E-state index is 12.7. The van der Waals surface area contributed by atoms with Crippen LogP contribution in [0.25, 0.3) is 11.6 Å². The molecule has 0 saturated carbocycles. The highest BCUT2D eigenvalue weighted by atomic mass is 32.2. The lowest BCUT2D eigenvalue weighted by molar-refractivity contribution is -0.143. The van der Waals surface area contributed by atoms with Crippen molar-refractivity contribution >= 4 is 33.6 Å². The molecule has 1 aliphatic rings. The standard InChI is InChI=1S/C29H43N3O13S/c1-37-7-8-38-9-10-39-11-12-40-13-14-41-15-16-42-17-18-43-19-20-44-21-22-45-28(33)23-31-46(35,36)27-4-2-3-25-24(27)5-6-26(32-30)29(25)34/h2-6,31H,7-23H2,1H3. The van der Waals surface area contributed by atoms with Crippen LogP contribution in [0, 0.1) is 0 Å². The van der Waals surface area contributed by atoms with Crippen molar-refractivity contribution in [3.8, 4) is 0 Å². The molecule has 0 amide bonds. The lowest BCUT2D eigenvalue weighted by atomic mass is 9.95. The lowest BCUT2D eigenvalue weighted by Crippen LogP contribution is -2.32. The van der Waals surface area contributed by atoms with E-state index in [-0.39, 0.29) is 41.6 Å². The number of fused-ring (bicyclic) bond motifs is 1. The fraction of sp³-hybridized carbons (Fsp3) is 0.621. The van der Waals surface area contributed by atoms with Crippen LogP contribution in [0.2, 0.25) is 0 Å². The van der Waals surface area contributed by atoms with Crippen LogP contribution in [0.15, 0.2) is 29.2 Å². The Morgan fingerprint density at radius 2 is 1.17 bits per heavy atom. The van der Waals surface area contributed by atoms with Gasteiger partial charge in [0.2, 0.25) is 10.0 Å². The molecule has 0 saturated heterocycles. The van der Waals surface area contributed by atoms with Gasteiger partial charge in [-0.3, -0.25) is 9.59 Å². The van der Waals surface area contributed by atoms with Gasteiger partial charge in [-0.05, 0) is 12.1 Å². The lowest BCUT2D eigenvalue weighted by Gasteiger charge is -2.13. The van der Waals surface area contributed by atoms with Gasteiger partial charge in [0.1, 0.15) is 13.2 Å². The van der Waals surface area contributed by atoms with E-state index in [0.717, 1.165) is 0 Å². The highest BCUT2D eigenvalue weighted by Crippen LogP contribution is 2.25. The van der Waals surface area contributed by atoms with E-state index in [4.69, 9.17) is 48.2 Å². The topological polar surface area (TPSA) is 200 Å². The number of sulfonamides is 1. The highest BCUT2D eigenvalue weighted by molar-refractivity contribution is 7.89. The van der Waals surface area contributed by atoms with E-state index in [0.29, 0.717) is 85.9 Å². The first-order chi connectivity index (χ1) is 22.4. The molecule has 0 radical (unpaired) electrons. The smallest absolute Gasteiger partial charge is 0.362 e. The van der Waals surface area contributed by atoms with Crippen LogP contribution in [-0.2, 0) is 57.4 Å². The predicted octanol–water partition coefficient (Wildman–Crippen LogP) is 0.151. The second kappa shape index (κ2) is 24.3. The number of carbonyl (C=O) groups is 2. The zero-order valence-corrected chi connectivity index (χ0v) is 26.8. The van der Waals surface area contributed by atoms with E-state index in [2.05, 4.69) is 9.51 Å². The van der Waals surface area contributed by atoms with Crippen LogP contribution in [-0.4, -0.2) is 150 Å². The molecule has 258 valence electrons. The van der Waals surface area contributed by atoms with E-state index in [9.17, 15) is 18.0 Å². The number of esters is 1. The van der Waals surface area contributed by atoms with Gasteiger partial charge in [-0.25, -0.2) is 8.42 Å². The van der Waals surface area contributed by atoms with Crippen LogP contribution in [0.4, 0.5) is 0 Å². The molecule has 46 heavy (non-hydrogen) atoms. The molecule has 0 spiro atoms. The first-order valence-electron chi connectivity index (χ1n) is 14.7. The minimum atomic E-state index is -4.15. The summed E-state index contributed by atoms with van der Waals surface area (Å²) in [4.78, 5) is 27.0. The number of methoxy groups -OCH3 is 1. The summed E-state index contributed by atoms with van der Waals surface area (Å²) in [6, 6.07) is 4.09. The quantitative estimate of drug-likeness (QED) is 0.0546. The second-order valence-electron chi connectivity index (χ2n) is 9.19. The fourth-order valence-electron chi connectivity index (χ4n) is 3.66. The highest BCUT2D eigenvalue weighted by Gasteiger charge is 2.30. The van der Waals surface area contributed by atoms with Crippen molar-refractivity contribution in [3.05, 3.63) is 40.9 Å². The normalized spacial score (nSPS) is 12.7. The third-order valence-electron chi connectivity index (χ3n) is 5.91. The Morgan fingerprint density at radius 3 is 1.63 bits per heavy atom. The van der Waals surface area contributed by atoms with Crippen molar-refractivity contribution in [2.24, 2.45) is 0 Å². The van der Waals surface area contributed by atoms with Crippen molar-refractivity contribution in [1.29, 1.82) is 0 Å². The molecule has 0 fully saturated rings. The summed E-state index contributed by atoms with van der Waals surface area (Å²) in [7, 11) is -2.52. The number of ketones is 1. The number of hydrogen-bond donors (Lipinski definition) is 1. The van der Waals surface area contributed by atoms with Gasteiger partial charge in [-0.2, -0.15) is 9.51 Å². The summed E-state index contributed by atoms with van der Waals surface area (Å²) in [5, 5.41) is 0. The average Bonchev–Trinajstić information content (AvgIpc) is 3.05. The molecule has 1 aromatic carbocycles. The van der Waals surface area contributed by atoms with Crippen LogP contribution >= 0.6 is 0 Å². The largest absolute Gasteiger partial charge is 0.462 e. The summed E-state index contributed by atoms with van der Waals surface area (Å²) >= 11 is 0. The number of benzene rings is 1. The first kappa shape index (κ1) is 39.2. The molecule has 17 heteroatoms. The van der Waals surface area contributed by atoms with E-state index in [1.54, 1.807) is 7.11 Å². The number of Topliss-reactive ketones (excluding diaryl/α,β-unsaturated/α-hetero) is 1. The zero-order chi connectivity index (χ0) is 33.3. The summed E-state index contributed by atoms with van der Waals surface area (Å²) < 4.78 is 75.1. The van der Waals surface area contributed by atoms with E-state index in [1.165, 1.54) is 30.4 Å². The Bertz CT molecular complexity index is 1240. The van der Waals surface area contributed by atoms with Gasteiger partial charge in [0, 0.05) is 24.3 Å². The molecule has 1 aliphatic carbocycles. The van der Waals surface area contributed by atoms with Crippen molar-refractivity contribution in [2.75, 3.05) is 119 Å². The summed E-state index contributed by atoms with van der Waals surface area (Å²) in [5.74, 6) is -1.42. The van der Waals surface area contributed by atoms with Gasteiger partial charge in [-0.1, -0.05) is 12.1 Å². The van der Waals surface area contributed by atoms with Crippen LogP contribution in [0.1, 0.15) is 15.9 Å². The third kappa shape index (κ3) is 16.1. The molecule has 1 aromatic rings. The van der Waals surface area contributed by atoms with Gasteiger partial charge in [-0.15, -0.1) is 0 Å². The summed E-state index contributed by atoms with van der Waals surface area (Å²) in [6.45, 7) is 5.73. The van der Waals surface area contributed by atoms with E-state index >= 15 is 0 Å². The Kier molecular flexibility index (Phi) is 20.7. The molecular formula is C29H43N3O13S. The van der Waals surface area contributed by atoms with E-state index in [1.807, 2.05) is 0 Å². The third-order valence-corrected chi connectivity index (χ3v) is 7.37.